The SMILES string of the molecule is COc1ccc2c(c1)nc([S+]([O-])Cc1ncc(C)c(OC)c1C)n2S(=O)(=O)c1ccc(OCC(=O)O)cc1. The topological polar surface area (TPSA) is 153 Å². The fourth-order valence-electron chi connectivity index (χ4n) is 3.88. The zero-order valence-electron chi connectivity index (χ0n) is 21.0. The van der Waals surface area contributed by atoms with E-state index >= 15 is 0 Å². The van der Waals surface area contributed by atoms with Crippen LogP contribution in [0.4, 0.5) is 0 Å². The Morgan fingerprint density at radius 3 is 2.39 bits per heavy atom. The Balaban J connectivity index is 1.80. The lowest BCUT2D eigenvalue weighted by atomic mass is 10.1. The normalized spacial score (nSPS) is 12.3. The van der Waals surface area contributed by atoms with E-state index in [1.165, 1.54) is 44.6 Å². The van der Waals surface area contributed by atoms with Gasteiger partial charge in [-0.05, 0) is 50.2 Å². The highest BCUT2D eigenvalue weighted by atomic mass is 32.2. The van der Waals surface area contributed by atoms with Crippen molar-refractivity contribution in [2.75, 3.05) is 20.8 Å². The number of rotatable bonds is 10. The lowest BCUT2D eigenvalue weighted by Gasteiger charge is -2.15. The smallest absolute Gasteiger partial charge is 0.341 e. The van der Waals surface area contributed by atoms with Gasteiger partial charge < -0.3 is 23.9 Å². The fourth-order valence-corrected chi connectivity index (χ4v) is 6.93. The lowest BCUT2D eigenvalue weighted by Crippen LogP contribution is -2.21. The molecule has 2 aromatic carbocycles. The van der Waals surface area contributed by atoms with E-state index in [4.69, 9.17) is 19.3 Å². The van der Waals surface area contributed by atoms with Gasteiger partial charge in [-0.1, -0.05) is 0 Å². The molecule has 1 atom stereocenters. The summed E-state index contributed by atoms with van der Waals surface area (Å²) in [4.78, 5) is 19.4. The third kappa shape index (κ3) is 5.26. The first-order valence-corrected chi connectivity index (χ1v) is 14.0. The number of methoxy groups -OCH3 is 2. The maximum absolute atomic E-state index is 13.8. The summed E-state index contributed by atoms with van der Waals surface area (Å²) in [6, 6.07) is 9.94. The molecule has 38 heavy (non-hydrogen) atoms. The molecule has 4 rings (SSSR count). The number of hydrogen-bond donors (Lipinski definition) is 1. The Hall–Kier alpha value is -3.81. The molecule has 1 unspecified atom stereocenters. The van der Waals surface area contributed by atoms with Crippen molar-refractivity contribution >= 4 is 38.2 Å². The number of pyridine rings is 1. The maximum Gasteiger partial charge on any atom is 0.341 e. The van der Waals surface area contributed by atoms with Gasteiger partial charge in [-0.2, -0.15) is 8.96 Å². The third-order valence-corrected chi connectivity index (χ3v) is 8.79. The number of ether oxygens (including phenoxy) is 3. The highest BCUT2D eigenvalue weighted by Gasteiger charge is 2.32. The van der Waals surface area contributed by atoms with E-state index < -0.39 is 33.8 Å². The highest BCUT2D eigenvalue weighted by Crippen LogP contribution is 2.32. The predicted octanol–water partition coefficient (Wildman–Crippen LogP) is 3.07. The van der Waals surface area contributed by atoms with Gasteiger partial charge in [0.1, 0.15) is 17.2 Å². The summed E-state index contributed by atoms with van der Waals surface area (Å²) in [7, 11) is -1.28. The van der Waals surface area contributed by atoms with Crippen LogP contribution in [0.2, 0.25) is 0 Å². The van der Waals surface area contributed by atoms with Crippen LogP contribution < -0.4 is 14.2 Å². The Bertz CT molecular complexity index is 1600. The van der Waals surface area contributed by atoms with Gasteiger partial charge in [0, 0.05) is 34.6 Å². The second kappa shape index (κ2) is 10.9. The van der Waals surface area contributed by atoms with Gasteiger partial charge in [0.15, 0.2) is 12.4 Å². The van der Waals surface area contributed by atoms with Gasteiger partial charge in [0.25, 0.3) is 10.0 Å². The second-order valence-electron chi connectivity index (χ2n) is 8.21. The quantitative estimate of drug-likeness (QED) is 0.287. The predicted molar refractivity (Wildman–Crippen MR) is 139 cm³/mol. The van der Waals surface area contributed by atoms with Gasteiger partial charge in [-0.3, -0.25) is 4.98 Å². The molecule has 0 radical (unpaired) electrons. The minimum atomic E-state index is -4.28. The van der Waals surface area contributed by atoms with Crippen molar-refractivity contribution in [1.82, 2.24) is 13.9 Å². The van der Waals surface area contributed by atoms with Crippen molar-refractivity contribution in [3.05, 3.63) is 65.5 Å². The molecule has 200 valence electrons. The Morgan fingerprint density at radius 2 is 1.76 bits per heavy atom. The monoisotopic (exact) mass is 559 g/mol. The summed E-state index contributed by atoms with van der Waals surface area (Å²) in [5.41, 5.74) is 2.50. The van der Waals surface area contributed by atoms with Gasteiger partial charge in [0.05, 0.1) is 35.8 Å². The molecule has 2 aromatic heterocycles. The number of benzene rings is 2. The highest BCUT2D eigenvalue weighted by molar-refractivity contribution is 7.93. The Labute approximate surface area is 222 Å². The maximum atomic E-state index is 13.8. The van der Waals surface area contributed by atoms with Crippen LogP contribution >= 0.6 is 0 Å². The molecule has 0 saturated heterocycles. The molecular formula is C25H25N3O8S2. The molecule has 13 heteroatoms. The van der Waals surface area contributed by atoms with E-state index in [1.54, 1.807) is 25.3 Å². The van der Waals surface area contributed by atoms with E-state index in [1.807, 2.05) is 6.92 Å². The van der Waals surface area contributed by atoms with Crippen LogP contribution in [-0.4, -0.2) is 58.8 Å². The number of hydrogen-bond acceptors (Lipinski definition) is 9. The van der Waals surface area contributed by atoms with E-state index in [-0.39, 0.29) is 32.6 Å². The van der Waals surface area contributed by atoms with Gasteiger partial charge in [-0.25, -0.2) is 13.2 Å². The van der Waals surface area contributed by atoms with Crippen molar-refractivity contribution in [2.45, 2.75) is 29.7 Å². The zero-order chi connectivity index (χ0) is 27.6. The molecule has 2 heterocycles. The molecule has 0 spiro atoms. The molecule has 0 fully saturated rings. The molecular weight excluding hydrogens is 534 g/mol. The molecule has 0 aliphatic heterocycles. The van der Waals surface area contributed by atoms with Crippen molar-refractivity contribution in [3.63, 3.8) is 0 Å². The average Bonchev–Trinajstić information content (AvgIpc) is 3.29. The molecule has 1 N–H and O–H groups in total. The number of aryl methyl sites for hydroxylation is 1. The van der Waals surface area contributed by atoms with Crippen molar-refractivity contribution in [3.8, 4) is 17.2 Å². The van der Waals surface area contributed by atoms with Crippen LogP contribution in [-0.2, 0) is 31.7 Å². The molecule has 0 amide bonds. The number of carboxylic acids is 1. The lowest BCUT2D eigenvalue weighted by molar-refractivity contribution is -0.139. The fraction of sp³-hybridized carbons (Fsp3) is 0.240. The van der Waals surface area contributed by atoms with E-state index in [2.05, 4.69) is 9.97 Å². The minimum absolute atomic E-state index is 0.0968. The van der Waals surface area contributed by atoms with Gasteiger partial charge >= 0.3 is 11.1 Å². The largest absolute Gasteiger partial charge is 0.609 e. The first kappa shape index (κ1) is 27.2. The first-order chi connectivity index (χ1) is 18.1. The van der Waals surface area contributed by atoms with Gasteiger partial charge in [-0.15, -0.1) is 0 Å². The molecule has 0 aliphatic rings. The van der Waals surface area contributed by atoms with E-state index in [9.17, 15) is 17.8 Å². The molecule has 0 saturated carbocycles. The Kier molecular flexibility index (Phi) is 7.81. The standard InChI is InChI=1S/C25H25N3O8S2/c1-15-12-26-21(16(2)24(15)35-4)14-37(31)25-27-20-11-18(34-3)7-10-22(20)28(25)38(32,33)19-8-5-17(6-9-19)36-13-23(29)30/h5-12H,13-14H2,1-4H3,(H,29,30). The minimum Gasteiger partial charge on any atom is -0.609 e. The zero-order valence-corrected chi connectivity index (χ0v) is 22.6. The van der Waals surface area contributed by atoms with Crippen LogP contribution in [0.3, 0.4) is 0 Å². The van der Waals surface area contributed by atoms with Gasteiger partial charge in [0.2, 0.25) is 0 Å². The van der Waals surface area contributed by atoms with E-state index in [0.29, 0.717) is 22.8 Å². The molecule has 4 aromatic rings. The number of aliphatic carboxylic acids is 1. The summed E-state index contributed by atoms with van der Waals surface area (Å²) in [5, 5.41) is 8.61. The molecule has 0 bridgehead atoms. The second-order valence-corrected chi connectivity index (χ2v) is 11.3. The molecule has 11 nitrogen and oxygen atoms in total. The van der Waals surface area contributed by atoms with Crippen LogP contribution in [0, 0.1) is 13.8 Å². The summed E-state index contributed by atoms with van der Waals surface area (Å²) in [6.07, 6.45) is 1.61. The van der Waals surface area contributed by atoms with Crippen LogP contribution in [0.1, 0.15) is 16.8 Å². The number of nitrogens with zero attached hydrogens (tertiary/aromatic N) is 3. The summed E-state index contributed by atoms with van der Waals surface area (Å²) in [5.74, 6) is -0.00333. The summed E-state index contributed by atoms with van der Waals surface area (Å²) in [6.45, 7) is 3.07. The number of carbonyl (C=O) groups is 1. The third-order valence-electron chi connectivity index (χ3n) is 5.74. The van der Waals surface area contributed by atoms with Crippen molar-refractivity contribution < 1.29 is 37.1 Å². The number of carboxylic acid groups (broad SMARTS) is 1. The number of imidazole rings is 1. The molecule has 0 aliphatic carbocycles. The van der Waals surface area contributed by atoms with Crippen LogP contribution in [0.5, 0.6) is 17.2 Å². The summed E-state index contributed by atoms with van der Waals surface area (Å²) < 4.78 is 58.0. The number of fused-ring (bicyclic) bond motifs is 1. The summed E-state index contributed by atoms with van der Waals surface area (Å²) >= 11 is -1.92. The first-order valence-electron chi connectivity index (χ1n) is 11.2. The van der Waals surface area contributed by atoms with Crippen molar-refractivity contribution in [1.29, 1.82) is 0 Å². The van der Waals surface area contributed by atoms with Crippen molar-refractivity contribution in [2.24, 2.45) is 0 Å². The Morgan fingerprint density at radius 1 is 1.08 bits per heavy atom. The average molecular weight is 560 g/mol. The number of aromatic nitrogens is 3. The van der Waals surface area contributed by atoms with Crippen LogP contribution in [0.25, 0.3) is 11.0 Å². The van der Waals surface area contributed by atoms with Crippen LogP contribution in [0.15, 0.2) is 58.7 Å². The van der Waals surface area contributed by atoms with E-state index in [0.717, 1.165) is 9.54 Å².